The fourth-order valence-corrected chi connectivity index (χ4v) is 6.26. The largest absolute Gasteiger partial charge is 0.432 e. The van der Waals surface area contributed by atoms with Gasteiger partial charge in [-0.3, -0.25) is 9.18 Å². The molecule has 0 amide bonds. The predicted molar refractivity (Wildman–Crippen MR) is 177 cm³/mol. The van der Waals surface area contributed by atoms with Gasteiger partial charge in [-0.2, -0.15) is 8.78 Å². The Bertz CT molecular complexity index is 1870. The monoisotopic (exact) mass is 637 g/mol. The van der Waals surface area contributed by atoms with Crippen LogP contribution in [-0.2, 0) is 15.0 Å². The SMILES string of the molecule is C=CCC1(CC=C)c2cc(C(=O)c3ccccc3)ccc2-c2ccc(/C(=N/OC(C)=O)c3c(C)cccc3OC(F)(F)CCF)cc21. The molecule has 1 aliphatic carbocycles. The highest BCUT2D eigenvalue weighted by atomic mass is 19.3. The average Bonchev–Trinajstić information content (AvgIpc) is 3.30. The number of hydrogen-bond acceptors (Lipinski definition) is 5. The molecule has 0 bridgehead atoms. The van der Waals surface area contributed by atoms with E-state index in [1.54, 1.807) is 31.2 Å². The molecule has 1 aliphatic rings. The summed E-state index contributed by atoms with van der Waals surface area (Å²) >= 11 is 0. The number of oxime groups is 1. The third-order valence-electron chi connectivity index (χ3n) is 8.30. The van der Waals surface area contributed by atoms with Crippen LogP contribution in [0.4, 0.5) is 13.2 Å². The zero-order chi connectivity index (χ0) is 33.8. The van der Waals surface area contributed by atoms with Gasteiger partial charge in [0.25, 0.3) is 0 Å². The Morgan fingerprint density at radius 3 is 2.06 bits per heavy atom. The van der Waals surface area contributed by atoms with Crippen molar-refractivity contribution in [2.75, 3.05) is 6.67 Å². The number of carbonyl (C=O) groups is 2. The number of allylic oxidation sites excluding steroid dienone is 2. The number of aryl methyl sites for hydroxylation is 1. The van der Waals surface area contributed by atoms with Crippen LogP contribution in [0.3, 0.4) is 0 Å². The predicted octanol–water partition coefficient (Wildman–Crippen LogP) is 9.29. The lowest BCUT2D eigenvalue weighted by Gasteiger charge is -2.31. The number of fused-ring (bicyclic) bond motifs is 3. The molecule has 47 heavy (non-hydrogen) atoms. The van der Waals surface area contributed by atoms with E-state index in [4.69, 9.17) is 9.57 Å². The van der Waals surface area contributed by atoms with Gasteiger partial charge >= 0.3 is 12.1 Å². The molecule has 0 saturated carbocycles. The normalized spacial score (nSPS) is 13.3. The first-order valence-electron chi connectivity index (χ1n) is 15.1. The van der Waals surface area contributed by atoms with E-state index in [0.29, 0.717) is 35.1 Å². The van der Waals surface area contributed by atoms with Gasteiger partial charge in [-0.1, -0.05) is 84.0 Å². The number of ketones is 1. The van der Waals surface area contributed by atoms with Crippen LogP contribution in [0.2, 0.25) is 0 Å². The van der Waals surface area contributed by atoms with Gasteiger partial charge in [0, 0.05) is 34.6 Å². The number of nitrogens with zero attached hydrogens (tertiary/aromatic N) is 1. The summed E-state index contributed by atoms with van der Waals surface area (Å²) in [5.41, 5.74) is 5.30. The zero-order valence-corrected chi connectivity index (χ0v) is 26.2. The van der Waals surface area contributed by atoms with Gasteiger partial charge in [-0.05, 0) is 65.8 Å². The maximum atomic E-state index is 14.6. The number of ether oxygens (including phenoxy) is 1. The first-order chi connectivity index (χ1) is 22.5. The van der Waals surface area contributed by atoms with Crippen molar-refractivity contribution >= 4 is 17.5 Å². The Morgan fingerprint density at radius 2 is 1.47 bits per heavy atom. The Kier molecular flexibility index (Phi) is 9.61. The van der Waals surface area contributed by atoms with E-state index in [-0.39, 0.29) is 22.8 Å². The molecular formula is C39H34F3NO4. The van der Waals surface area contributed by atoms with Gasteiger partial charge < -0.3 is 9.57 Å². The molecule has 4 aromatic carbocycles. The Balaban J connectivity index is 1.70. The molecule has 0 N–H and O–H groups in total. The van der Waals surface area contributed by atoms with E-state index < -0.39 is 30.6 Å². The van der Waals surface area contributed by atoms with Crippen molar-refractivity contribution in [2.24, 2.45) is 5.16 Å². The second-order valence-electron chi connectivity index (χ2n) is 11.4. The van der Waals surface area contributed by atoms with Crippen molar-refractivity contribution in [1.82, 2.24) is 0 Å². The number of rotatable bonds is 13. The molecule has 0 unspecified atom stereocenters. The lowest BCUT2D eigenvalue weighted by molar-refractivity contribution is -0.182. The quantitative estimate of drug-likeness (QED) is 0.0482. The zero-order valence-electron chi connectivity index (χ0n) is 26.2. The van der Waals surface area contributed by atoms with Crippen molar-refractivity contribution in [2.45, 2.75) is 44.6 Å². The summed E-state index contributed by atoms with van der Waals surface area (Å²) in [5.74, 6) is -1.06. The summed E-state index contributed by atoms with van der Waals surface area (Å²) in [6.07, 6.45) is -0.300. The van der Waals surface area contributed by atoms with Crippen LogP contribution in [0.5, 0.6) is 5.75 Å². The molecule has 240 valence electrons. The summed E-state index contributed by atoms with van der Waals surface area (Å²) in [6.45, 7) is 9.65. The summed E-state index contributed by atoms with van der Waals surface area (Å²) < 4.78 is 47.1. The van der Waals surface area contributed by atoms with E-state index in [1.807, 2.05) is 60.7 Å². The highest BCUT2D eigenvalue weighted by molar-refractivity contribution is 6.16. The first-order valence-corrected chi connectivity index (χ1v) is 15.1. The number of benzene rings is 4. The van der Waals surface area contributed by atoms with E-state index in [2.05, 4.69) is 18.3 Å². The van der Waals surface area contributed by atoms with Gasteiger partial charge in [0.15, 0.2) is 5.78 Å². The van der Waals surface area contributed by atoms with Crippen LogP contribution in [0, 0.1) is 6.92 Å². The molecule has 0 aliphatic heterocycles. The first kappa shape index (κ1) is 33.1. The molecule has 8 heteroatoms. The lowest BCUT2D eigenvalue weighted by Crippen LogP contribution is -2.27. The van der Waals surface area contributed by atoms with Gasteiger partial charge in [0.05, 0.1) is 13.1 Å². The molecule has 0 aromatic heterocycles. The van der Waals surface area contributed by atoms with Crippen LogP contribution >= 0.6 is 0 Å². The Morgan fingerprint density at radius 1 is 0.851 bits per heavy atom. The molecule has 5 rings (SSSR count). The maximum absolute atomic E-state index is 14.6. The summed E-state index contributed by atoms with van der Waals surface area (Å²) in [6, 6.07) is 24.8. The van der Waals surface area contributed by atoms with Crippen molar-refractivity contribution in [3.8, 4) is 16.9 Å². The maximum Gasteiger partial charge on any atom is 0.400 e. The fraction of sp³-hybridized carbons (Fsp3) is 0.205. The Labute approximate surface area is 272 Å². The molecule has 0 atom stereocenters. The smallest absolute Gasteiger partial charge is 0.400 e. The average molecular weight is 638 g/mol. The molecular weight excluding hydrogens is 603 g/mol. The van der Waals surface area contributed by atoms with Crippen LogP contribution in [0.15, 0.2) is 115 Å². The van der Waals surface area contributed by atoms with E-state index in [9.17, 15) is 22.8 Å². The molecule has 0 radical (unpaired) electrons. The van der Waals surface area contributed by atoms with Gasteiger partial charge in [0.2, 0.25) is 0 Å². The molecule has 0 heterocycles. The minimum atomic E-state index is -3.79. The van der Waals surface area contributed by atoms with Gasteiger partial charge in [-0.25, -0.2) is 4.79 Å². The summed E-state index contributed by atoms with van der Waals surface area (Å²) in [4.78, 5) is 30.5. The standard InChI is InChI=1S/C39H34F3NO4/c1-5-19-38(20-6-2)32-23-28(15-17-30(32)31-18-16-29(24-33(31)38)37(45)27-12-8-7-9-13-27)36(43-47-26(4)44)35-25(3)11-10-14-34(35)46-39(41,42)21-22-40/h5-18,23-24H,1-2,19-22H2,3-4H3/b43-36-. The molecule has 0 spiro atoms. The van der Waals surface area contributed by atoms with Crippen molar-refractivity contribution in [3.05, 3.63) is 149 Å². The number of hydrogen-bond donors (Lipinski definition) is 0. The topological polar surface area (TPSA) is 65.0 Å². The number of carbonyl (C=O) groups excluding carboxylic acids is 2. The summed E-state index contributed by atoms with van der Waals surface area (Å²) in [5, 5.41) is 4.13. The highest BCUT2D eigenvalue weighted by Crippen LogP contribution is 2.54. The Hall–Kier alpha value is -5.24. The van der Waals surface area contributed by atoms with Gasteiger partial charge in [-0.15, -0.1) is 13.2 Å². The molecule has 0 fully saturated rings. The fourth-order valence-electron chi connectivity index (χ4n) is 6.26. The number of alkyl halides is 3. The second-order valence-corrected chi connectivity index (χ2v) is 11.4. The van der Waals surface area contributed by atoms with E-state index in [1.165, 1.54) is 19.1 Å². The molecule has 0 saturated heterocycles. The third-order valence-corrected chi connectivity index (χ3v) is 8.30. The lowest BCUT2D eigenvalue weighted by atomic mass is 9.72. The van der Waals surface area contributed by atoms with Gasteiger partial charge in [0.1, 0.15) is 11.5 Å². The van der Waals surface area contributed by atoms with Crippen LogP contribution in [-0.4, -0.2) is 30.2 Å². The van der Waals surface area contributed by atoms with Crippen LogP contribution in [0.1, 0.15) is 69.9 Å². The highest BCUT2D eigenvalue weighted by Gasteiger charge is 2.42. The second kappa shape index (κ2) is 13.6. The van der Waals surface area contributed by atoms with E-state index in [0.717, 1.165) is 22.3 Å². The van der Waals surface area contributed by atoms with Crippen molar-refractivity contribution in [3.63, 3.8) is 0 Å². The van der Waals surface area contributed by atoms with Crippen molar-refractivity contribution < 1.29 is 32.3 Å². The molecule has 4 aromatic rings. The van der Waals surface area contributed by atoms with Crippen molar-refractivity contribution in [1.29, 1.82) is 0 Å². The van der Waals surface area contributed by atoms with Crippen LogP contribution in [0.25, 0.3) is 11.1 Å². The number of halogens is 3. The summed E-state index contributed by atoms with van der Waals surface area (Å²) in [7, 11) is 0. The van der Waals surface area contributed by atoms with E-state index >= 15 is 0 Å². The molecule has 5 nitrogen and oxygen atoms in total. The van der Waals surface area contributed by atoms with Crippen LogP contribution < -0.4 is 4.74 Å². The third kappa shape index (κ3) is 6.54. The minimum Gasteiger partial charge on any atom is -0.432 e. The minimum absolute atomic E-state index is 0.0779.